The fourth-order valence-corrected chi connectivity index (χ4v) is 3.11. The van der Waals surface area contributed by atoms with Gasteiger partial charge in [0.25, 0.3) is 5.91 Å². The van der Waals surface area contributed by atoms with E-state index in [1.54, 1.807) is 23.5 Å². The Morgan fingerprint density at radius 2 is 2.00 bits per heavy atom. The van der Waals surface area contributed by atoms with E-state index in [4.69, 9.17) is 5.73 Å². The molecule has 0 radical (unpaired) electrons. The van der Waals surface area contributed by atoms with Gasteiger partial charge in [0.1, 0.15) is 5.69 Å². The third-order valence-corrected chi connectivity index (χ3v) is 5.59. The molecule has 0 unspecified atom stereocenters. The van der Waals surface area contributed by atoms with E-state index in [9.17, 15) is 4.79 Å². The molecule has 0 aromatic carbocycles. The summed E-state index contributed by atoms with van der Waals surface area (Å²) in [5.74, 6) is -0.141. The summed E-state index contributed by atoms with van der Waals surface area (Å²) in [4.78, 5) is 12.3. The van der Waals surface area contributed by atoms with Crippen LogP contribution in [0.3, 0.4) is 0 Å². The zero-order valence-corrected chi connectivity index (χ0v) is 13.9. The highest BCUT2D eigenvalue weighted by atomic mass is 32.2. The first kappa shape index (κ1) is 16.9. The van der Waals surface area contributed by atoms with Crippen molar-refractivity contribution >= 4 is 23.4 Å². The molecule has 20 heavy (non-hydrogen) atoms. The third-order valence-electron chi connectivity index (χ3n) is 4.00. The molecule has 0 aliphatic heterocycles. The molecule has 6 heteroatoms. The number of thioether (sulfide) groups is 1. The molecule has 0 saturated heterocycles. The van der Waals surface area contributed by atoms with Crippen LogP contribution in [0.4, 0.5) is 5.69 Å². The molecule has 1 rings (SSSR count). The Balaban J connectivity index is 2.85. The number of carbonyl (C=O) groups is 1. The van der Waals surface area contributed by atoms with Crippen molar-refractivity contribution in [3.8, 4) is 0 Å². The molecule has 0 aliphatic carbocycles. The number of nitrogens with two attached hydrogens (primary N) is 1. The van der Waals surface area contributed by atoms with E-state index in [1.807, 2.05) is 6.92 Å². The molecule has 0 saturated carbocycles. The van der Waals surface area contributed by atoms with Crippen molar-refractivity contribution < 1.29 is 4.79 Å². The molecular formula is C14H26N4OS. The predicted molar refractivity (Wildman–Crippen MR) is 86.2 cm³/mol. The Labute approximate surface area is 125 Å². The summed E-state index contributed by atoms with van der Waals surface area (Å²) in [5, 5.41) is 7.29. The number of anilines is 1. The van der Waals surface area contributed by atoms with Crippen molar-refractivity contribution in [2.75, 3.05) is 18.5 Å². The van der Waals surface area contributed by atoms with E-state index in [-0.39, 0.29) is 10.7 Å². The van der Waals surface area contributed by atoms with Gasteiger partial charge in [-0.25, -0.2) is 0 Å². The van der Waals surface area contributed by atoms with Gasteiger partial charge >= 0.3 is 0 Å². The molecule has 1 heterocycles. The maximum absolute atomic E-state index is 12.3. The van der Waals surface area contributed by atoms with Crippen molar-refractivity contribution in [3.05, 3.63) is 11.4 Å². The summed E-state index contributed by atoms with van der Waals surface area (Å²) in [5.41, 5.74) is 7.74. The van der Waals surface area contributed by atoms with Crippen LogP contribution in [0.1, 0.15) is 49.8 Å². The average Bonchev–Trinajstić information content (AvgIpc) is 2.75. The van der Waals surface area contributed by atoms with Gasteiger partial charge in [0.2, 0.25) is 0 Å². The summed E-state index contributed by atoms with van der Waals surface area (Å²) in [6.45, 7) is 6.93. The normalized spacial score (nSPS) is 11.7. The number of amides is 1. The summed E-state index contributed by atoms with van der Waals surface area (Å²) >= 11 is 1.80. The second-order valence-corrected chi connectivity index (χ2v) is 6.24. The van der Waals surface area contributed by atoms with E-state index in [1.165, 1.54) is 0 Å². The second kappa shape index (κ2) is 7.02. The highest BCUT2D eigenvalue weighted by molar-refractivity contribution is 8.00. The van der Waals surface area contributed by atoms with E-state index in [0.29, 0.717) is 17.9 Å². The molecule has 3 N–H and O–H groups in total. The highest BCUT2D eigenvalue weighted by Crippen LogP contribution is 2.29. The lowest BCUT2D eigenvalue weighted by Gasteiger charge is -2.29. The Morgan fingerprint density at radius 3 is 2.40 bits per heavy atom. The second-order valence-electron chi connectivity index (χ2n) is 4.96. The molecule has 0 spiro atoms. The molecule has 0 atom stereocenters. The van der Waals surface area contributed by atoms with Gasteiger partial charge in [0.15, 0.2) is 0 Å². The van der Waals surface area contributed by atoms with Crippen LogP contribution in [0.25, 0.3) is 0 Å². The Bertz CT molecular complexity index is 458. The third kappa shape index (κ3) is 3.29. The Kier molecular flexibility index (Phi) is 5.92. The largest absolute Gasteiger partial charge is 0.395 e. The van der Waals surface area contributed by atoms with E-state index in [2.05, 4.69) is 30.5 Å². The van der Waals surface area contributed by atoms with Crippen LogP contribution in [0, 0.1) is 0 Å². The number of nitrogen functional groups attached to an aromatic ring is 1. The van der Waals surface area contributed by atoms with Crippen molar-refractivity contribution in [1.82, 2.24) is 15.1 Å². The van der Waals surface area contributed by atoms with Gasteiger partial charge in [-0.2, -0.15) is 16.9 Å². The van der Waals surface area contributed by atoms with Gasteiger partial charge in [-0.3, -0.25) is 9.48 Å². The maximum atomic E-state index is 12.3. The van der Waals surface area contributed by atoms with Gasteiger partial charge in [0, 0.05) is 18.3 Å². The molecule has 0 bridgehead atoms. The van der Waals surface area contributed by atoms with Crippen LogP contribution in [-0.4, -0.2) is 33.2 Å². The SMILES string of the molecule is CCc1nn(C)c(C(=O)NCC(CC)(CC)SC)c1N. The van der Waals surface area contributed by atoms with Gasteiger partial charge in [-0.15, -0.1) is 0 Å². The van der Waals surface area contributed by atoms with E-state index < -0.39 is 0 Å². The summed E-state index contributed by atoms with van der Waals surface area (Å²) < 4.78 is 1.67. The van der Waals surface area contributed by atoms with Gasteiger partial charge < -0.3 is 11.1 Å². The smallest absolute Gasteiger partial charge is 0.271 e. The molecule has 5 nitrogen and oxygen atoms in total. The van der Waals surface area contributed by atoms with E-state index in [0.717, 1.165) is 25.0 Å². The van der Waals surface area contributed by atoms with Crippen LogP contribution in [-0.2, 0) is 13.5 Å². The molecule has 114 valence electrons. The number of nitrogens with zero attached hydrogens (tertiary/aromatic N) is 2. The van der Waals surface area contributed by atoms with Crippen LogP contribution in [0.15, 0.2) is 0 Å². The standard InChI is InChI=1S/C14H26N4OS/c1-6-10-11(15)12(18(4)17-10)13(19)16-9-14(7-2,8-3)20-5/h6-9,15H2,1-5H3,(H,16,19). The maximum Gasteiger partial charge on any atom is 0.271 e. The number of carbonyl (C=O) groups excluding carboxylic acids is 1. The van der Waals surface area contributed by atoms with Crippen LogP contribution >= 0.6 is 11.8 Å². The van der Waals surface area contributed by atoms with Crippen molar-refractivity contribution in [2.24, 2.45) is 7.05 Å². The number of aromatic nitrogens is 2. The lowest BCUT2D eigenvalue weighted by molar-refractivity contribution is 0.0940. The van der Waals surface area contributed by atoms with Gasteiger partial charge in [-0.1, -0.05) is 20.8 Å². The zero-order valence-electron chi connectivity index (χ0n) is 13.1. The summed E-state index contributed by atoms with van der Waals surface area (Å²) in [6.07, 6.45) is 4.86. The van der Waals surface area contributed by atoms with Crippen LogP contribution in [0.2, 0.25) is 0 Å². The summed E-state index contributed by atoms with van der Waals surface area (Å²) in [7, 11) is 1.76. The topological polar surface area (TPSA) is 72.9 Å². The lowest BCUT2D eigenvalue weighted by atomic mass is 10.0. The fourth-order valence-electron chi connectivity index (χ4n) is 2.31. The quantitative estimate of drug-likeness (QED) is 0.809. The first-order valence-corrected chi connectivity index (χ1v) is 8.31. The van der Waals surface area contributed by atoms with Crippen molar-refractivity contribution in [1.29, 1.82) is 0 Å². The minimum Gasteiger partial charge on any atom is -0.395 e. The number of rotatable bonds is 7. The zero-order chi connectivity index (χ0) is 15.3. The molecule has 1 aromatic heterocycles. The minimum absolute atomic E-state index is 0.0939. The van der Waals surface area contributed by atoms with Gasteiger partial charge in [-0.05, 0) is 25.5 Å². The van der Waals surface area contributed by atoms with Crippen LogP contribution in [0.5, 0.6) is 0 Å². The Morgan fingerprint density at radius 1 is 1.40 bits per heavy atom. The van der Waals surface area contributed by atoms with Crippen molar-refractivity contribution in [2.45, 2.75) is 44.8 Å². The predicted octanol–water partition coefficient (Wildman–Crippen LogP) is 2.22. The molecular weight excluding hydrogens is 272 g/mol. The Hall–Kier alpha value is -1.17. The molecule has 1 aromatic rings. The first-order chi connectivity index (χ1) is 9.44. The van der Waals surface area contributed by atoms with E-state index >= 15 is 0 Å². The van der Waals surface area contributed by atoms with Crippen molar-refractivity contribution in [3.63, 3.8) is 0 Å². The summed E-state index contributed by atoms with van der Waals surface area (Å²) in [6, 6.07) is 0. The molecule has 0 fully saturated rings. The number of hydrogen-bond acceptors (Lipinski definition) is 4. The monoisotopic (exact) mass is 298 g/mol. The lowest BCUT2D eigenvalue weighted by Crippen LogP contribution is -2.40. The average molecular weight is 298 g/mol. The van der Waals surface area contributed by atoms with Gasteiger partial charge in [0.05, 0.1) is 11.4 Å². The number of nitrogens with one attached hydrogen (secondary N) is 1. The number of hydrogen-bond donors (Lipinski definition) is 2. The highest BCUT2D eigenvalue weighted by Gasteiger charge is 2.27. The first-order valence-electron chi connectivity index (χ1n) is 7.09. The molecule has 1 amide bonds. The fraction of sp³-hybridized carbons (Fsp3) is 0.714. The van der Waals surface area contributed by atoms with Crippen LogP contribution < -0.4 is 11.1 Å². The number of aryl methyl sites for hydroxylation is 2. The molecule has 0 aliphatic rings. The minimum atomic E-state index is -0.141.